The molecule has 0 saturated carbocycles. The molecule has 2 aromatic rings. The lowest BCUT2D eigenvalue weighted by atomic mass is 10.1. The van der Waals surface area contributed by atoms with Gasteiger partial charge in [0.15, 0.2) is 18.1 Å². The van der Waals surface area contributed by atoms with Crippen molar-refractivity contribution in [3.05, 3.63) is 47.8 Å². The van der Waals surface area contributed by atoms with Crippen LogP contribution in [-0.4, -0.2) is 26.7 Å². The SMILES string of the molecule is COc1cc(C)c(NC(=O)COc2ccc(F)cc2)cc1OC. The molecule has 0 bridgehead atoms. The van der Waals surface area contributed by atoms with Crippen molar-refractivity contribution in [1.29, 1.82) is 0 Å². The highest BCUT2D eigenvalue weighted by molar-refractivity contribution is 5.93. The van der Waals surface area contributed by atoms with Gasteiger partial charge in [-0.2, -0.15) is 0 Å². The number of carbonyl (C=O) groups excluding carboxylic acids is 1. The topological polar surface area (TPSA) is 56.8 Å². The Morgan fingerprint density at radius 3 is 2.30 bits per heavy atom. The van der Waals surface area contributed by atoms with Gasteiger partial charge in [0.05, 0.1) is 14.2 Å². The van der Waals surface area contributed by atoms with E-state index < -0.39 is 0 Å². The minimum Gasteiger partial charge on any atom is -0.493 e. The van der Waals surface area contributed by atoms with Crippen molar-refractivity contribution in [3.63, 3.8) is 0 Å². The number of benzene rings is 2. The van der Waals surface area contributed by atoms with E-state index in [4.69, 9.17) is 14.2 Å². The van der Waals surface area contributed by atoms with Gasteiger partial charge in [0.2, 0.25) is 0 Å². The van der Waals surface area contributed by atoms with E-state index in [0.717, 1.165) is 5.56 Å². The van der Waals surface area contributed by atoms with Crippen LogP contribution in [0.3, 0.4) is 0 Å². The molecule has 1 N–H and O–H groups in total. The lowest BCUT2D eigenvalue weighted by molar-refractivity contribution is -0.118. The quantitative estimate of drug-likeness (QED) is 0.888. The van der Waals surface area contributed by atoms with Gasteiger partial charge in [0.1, 0.15) is 11.6 Å². The number of amides is 1. The highest BCUT2D eigenvalue weighted by Gasteiger charge is 2.11. The van der Waals surface area contributed by atoms with Gasteiger partial charge in [0.25, 0.3) is 5.91 Å². The molecule has 23 heavy (non-hydrogen) atoms. The van der Waals surface area contributed by atoms with Crippen LogP contribution >= 0.6 is 0 Å². The normalized spacial score (nSPS) is 10.1. The van der Waals surface area contributed by atoms with E-state index in [0.29, 0.717) is 22.9 Å². The van der Waals surface area contributed by atoms with Crippen LogP contribution in [0.15, 0.2) is 36.4 Å². The van der Waals surface area contributed by atoms with Gasteiger partial charge in [0, 0.05) is 11.8 Å². The maximum absolute atomic E-state index is 12.8. The molecule has 0 radical (unpaired) electrons. The van der Waals surface area contributed by atoms with Crippen molar-refractivity contribution >= 4 is 11.6 Å². The van der Waals surface area contributed by atoms with Crippen LogP contribution in [-0.2, 0) is 4.79 Å². The molecule has 0 aliphatic carbocycles. The number of nitrogens with one attached hydrogen (secondary N) is 1. The van der Waals surface area contributed by atoms with Gasteiger partial charge < -0.3 is 19.5 Å². The summed E-state index contributed by atoms with van der Waals surface area (Å²) in [7, 11) is 3.07. The third-order valence-corrected chi connectivity index (χ3v) is 3.19. The fraction of sp³-hybridized carbons (Fsp3) is 0.235. The van der Waals surface area contributed by atoms with Crippen molar-refractivity contribution in [2.45, 2.75) is 6.92 Å². The van der Waals surface area contributed by atoms with Gasteiger partial charge in [-0.25, -0.2) is 4.39 Å². The minimum absolute atomic E-state index is 0.181. The second-order valence-corrected chi connectivity index (χ2v) is 4.81. The second-order valence-electron chi connectivity index (χ2n) is 4.81. The summed E-state index contributed by atoms with van der Waals surface area (Å²) in [5.41, 5.74) is 1.44. The Hall–Kier alpha value is -2.76. The average molecular weight is 319 g/mol. The van der Waals surface area contributed by atoms with Crippen LogP contribution in [0.1, 0.15) is 5.56 Å². The summed E-state index contributed by atoms with van der Waals surface area (Å²) in [6.45, 7) is 1.66. The van der Waals surface area contributed by atoms with Crippen LogP contribution in [0, 0.1) is 12.7 Å². The van der Waals surface area contributed by atoms with Crippen molar-refractivity contribution in [2.75, 3.05) is 26.1 Å². The molecule has 122 valence electrons. The Kier molecular flexibility index (Phi) is 5.41. The average Bonchev–Trinajstić information content (AvgIpc) is 2.55. The molecule has 0 spiro atoms. The second kappa shape index (κ2) is 7.49. The molecule has 5 nitrogen and oxygen atoms in total. The Bertz CT molecular complexity index is 686. The fourth-order valence-corrected chi connectivity index (χ4v) is 1.98. The zero-order chi connectivity index (χ0) is 16.8. The number of aryl methyl sites for hydroxylation is 1. The van der Waals surface area contributed by atoms with Crippen molar-refractivity contribution < 1.29 is 23.4 Å². The van der Waals surface area contributed by atoms with Gasteiger partial charge in [-0.1, -0.05) is 0 Å². The minimum atomic E-state index is -0.359. The monoisotopic (exact) mass is 319 g/mol. The van der Waals surface area contributed by atoms with Crippen LogP contribution in [0.4, 0.5) is 10.1 Å². The first-order valence-corrected chi connectivity index (χ1v) is 6.94. The molecule has 1 amide bonds. The highest BCUT2D eigenvalue weighted by atomic mass is 19.1. The van der Waals surface area contributed by atoms with E-state index in [-0.39, 0.29) is 18.3 Å². The molecular formula is C17H18FNO4. The molecule has 0 atom stereocenters. The number of hydrogen-bond acceptors (Lipinski definition) is 4. The van der Waals surface area contributed by atoms with E-state index in [2.05, 4.69) is 5.32 Å². The van der Waals surface area contributed by atoms with Gasteiger partial charge in [-0.3, -0.25) is 4.79 Å². The first kappa shape index (κ1) is 16.6. The summed E-state index contributed by atoms with van der Waals surface area (Å²) in [5.74, 6) is 0.844. The maximum Gasteiger partial charge on any atom is 0.262 e. The Morgan fingerprint density at radius 1 is 1.09 bits per heavy atom. The molecule has 6 heteroatoms. The van der Waals surface area contributed by atoms with E-state index in [1.165, 1.54) is 31.4 Å². The number of hydrogen-bond donors (Lipinski definition) is 1. The molecule has 0 aliphatic rings. The molecule has 0 saturated heterocycles. The first-order valence-electron chi connectivity index (χ1n) is 6.94. The predicted octanol–water partition coefficient (Wildman–Crippen LogP) is 3.17. The van der Waals surface area contributed by atoms with Gasteiger partial charge in [-0.15, -0.1) is 0 Å². The third kappa shape index (κ3) is 4.35. The van der Waals surface area contributed by atoms with Crippen molar-refractivity contribution in [3.8, 4) is 17.2 Å². The molecule has 0 aromatic heterocycles. The number of methoxy groups -OCH3 is 2. The Morgan fingerprint density at radius 2 is 1.70 bits per heavy atom. The Labute approximate surface area is 134 Å². The predicted molar refractivity (Wildman–Crippen MR) is 84.8 cm³/mol. The summed E-state index contributed by atoms with van der Waals surface area (Å²) in [5, 5.41) is 2.74. The standard InChI is InChI=1S/C17H18FNO4/c1-11-8-15(21-2)16(22-3)9-14(11)19-17(20)10-23-13-6-4-12(18)5-7-13/h4-9H,10H2,1-3H3,(H,19,20). The fourth-order valence-electron chi connectivity index (χ4n) is 1.98. The van der Waals surface area contributed by atoms with Crippen LogP contribution < -0.4 is 19.5 Å². The van der Waals surface area contributed by atoms with Crippen LogP contribution in [0.25, 0.3) is 0 Å². The molecule has 0 aliphatic heterocycles. The van der Waals surface area contributed by atoms with Gasteiger partial charge >= 0.3 is 0 Å². The number of ether oxygens (including phenoxy) is 3. The van der Waals surface area contributed by atoms with Crippen LogP contribution in [0.5, 0.6) is 17.2 Å². The summed E-state index contributed by atoms with van der Waals surface area (Å²) in [4.78, 5) is 12.0. The van der Waals surface area contributed by atoms with E-state index in [9.17, 15) is 9.18 Å². The van der Waals surface area contributed by atoms with E-state index >= 15 is 0 Å². The zero-order valence-electron chi connectivity index (χ0n) is 13.2. The number of carbonyl (C=O) groups is 1. The number of halogens is 1. The lowest BCUT2D eigenvalue weighted by Crippen LogP contribution is -2.20. The first-order chi connectivity index (χ1) is 11.0. The van der Waals surface area contributed by atoms with Crippen LogP contribution in [0.2, 0.25) is 0 Å². The molecule has 0 unspecified atom stereocenters. The smallest absolute Gasteiger partial charge is 0.262 e. The molecule has 2 aromatic carbocycles. The maximum atomic E-state index is 12.8. The summed E-state index contributed by atoms with van der Waals surface area (Å²) >= 11 is 0. The zero-order valence-corrected chi connectivity index (χ0v) is 13.2. The summed E-state index contributed by atoms with van der Waals surface area (Å²) < 4.78 is 28.5. The summed E-state index contributed by atoms with van der Waals surface area (Å²) in [6.07, 6.45) is 0. The Balaban J connectivity index is 2.01. The highest BCUT2D eigenvalue weighted by Crippen LogP contribution is 2.32. The van der Waals surface area contributed by atoms with E-state index in [1.54, 1.807) is 19.2 Å². The molecule has 0 fully saturated rings. The third-order valence-electron chi connectivity index (χ3n) is 3.19. The largest absolute Gasteiger partial charge is 0.493 e. The molecule has 2 rings (SSSR count). The van der Waals surface area contributed by atoms with Gasteiger partial charge in [-0.05, 0) is 42.8 Å². The number of anilines is 1. The molecule has 0 heterocycles. The lowest BCUT2D eigenvalue weighted by Gasteiger charge is -2.14. The number of rotatable bonds is 6. The van der Waals surface area contributed by atoms with Crippen molar-refractivity contribution in [2.24, 2.45) is 0 Å². The molecular weight excluding hydrogens is 301 g/mol. The van der Waals surface area contributed by atoms with E-state index in [1.807, 2.05) is 6.92 Å². The summed E-state index contributed by atoms with van der Waals surface area (Å²) in [6, 6.07) is 8.92. The van der Waals surface area contributed by atoms with Crippen molar-refractivity contribution in [1.82, 2.24) is 0 Å².